The van der Waals surface area contributed by atoms with Gasteiger partial charge in [0.1, 0.15) is 12.2 Å². The van der Waals surface area contributed by atoms with Gasteiger partial charge < -0.3 is 9.47 Å². The number of carbonyl (C=O) groups excluding carboxylic acids is 2. The number of benzene rings is 3. The fourth-order valence-electron chi connectivity index (χ4n) is 3.46. The average molecular weight is 606 g/mol. The van der Waals surface area contributed by atoms with Crippen LogP contribution in [0, 0.1) is 0 Å². The summed E-state index contributed by atoms with van der Waals surface area (Å²) in [6, 6.07) is 17.4. The Bertz CT molecular complexity index is 1360. The number of rotatable bonds is 7. The fourth-order valence-corrected chi connectivity index (χ4v) is 4.57. The molecule has 1 saturated heterocycles. The lowest BCUT2D eigenvalue weighted by atomic mass is 10.1. The summed E-state index contributed by atoms with van der Waals surface area (Å²) in [5.41, 5.74) is 1.90. The molecule has 0 atom stereocenters. The van der Waals surface area contributed by atoms with Gasteiger partial charge in [0.25, 0.3) is 11.8 Å². The second kappa shape index (κ2) is 11.4. The molecular formula is C26H19BrCl2N2O4S. The number of amides is 2. The normalized spacial score (nSPS) is 14.7. The van der Waals surface area contributed by atoms with E-state index in [1.165, 1.54) is 11.0 Å². The first kappa shape index (κ1) is 26.2. The van der Waals surface area contributed by atoms with Gasteiger partial charge in [-0.25, -0.2) is 0 Å². The summed E-state index contributed by atoms with van der Waals surface area (Å²) >= 11 is 20.7. The van der Waals surface area contributed by atoms with Crippen molar-refractivity contribution < 1.29 is 19.1 Å². The average Bonchev–Trinajstić information content (AvgIpc) is 2.83. The van der Waals surface area contributed by atoms with Crippen molar-refractivity contribution in [3.05, 3.63) is 91.9 Å². The minimum Gasteiger partial charge on any atom is -0.490 e. The molecule has 0 radical (unpaired) electrons. The number of halogens is 3. The van der Waals surface area contributed by atoms with Crippen LogP contribution in [0.15, 0.2) is 70.7 Å². The molecule has 0 bridgehead atoms. The molecule has 10 heteroatoms. The molecule has 1 aliphatic rings. The van der Waals surface area contributed by atoms with Crippen LogP contribution in [0.2, 0.25) is 10.0 Å². The molecule has 0 aliphatic carbocycles. The van der Waals surface area contributed by atoms with Gasteiger partial charge in [-0.05, 0) is 101 Å². The van der Waals surface area contributed by atoms with Gasteiger partial charge in [0, 0.05) is 10.0 Å². The van der Waals surface area contributed by atoms with E-state index in [0.717, 1.165) is 5.56 Å². The van der Waals surface area contributed by atoms with Crippen molar-refractivity contribution in [1.29, 1.82) is 0 Å². The number of thiocarbonyl (C=S) groups is 1. The van der Waals surface area contributed by atoms with Crippen LogP contribution in [0.3, 0.4) is 0 Å². The SMILES string of the molecule is CCOc1cc(/C=C2\C(=O)NC(=S)N(c3ccc(Cl)cc3)C2=O)cc(Br)c1OCc1ccc(Cl)cc1. The van der Waals surface area contributed by atoms with Gasteiger partial charge in [-0.1, -0.05) is 35.3 Å². The van der Waals surface area contributed by atoms with Crippen molar-refractivity contribution in [2.24, 2.45) is 0 Å². The predicted octanol–water partition coefficient (Wildman–Crippen LogP) is 6.56. The molecule has 184 valence electrons. The van der Waals surface area contributed by atoms with E-state index in [1.54, 1.807) is 48.5 Å². The molecular weight excluding hydrogens is 587 g/mol. The predicted molar refractivity (Wildman–Crippen MR) is 149 cm³/mol. The lowest BCUT2D eigenvalue weighted by Crippen LogP contribution is -2.54. The molecule has 1 N–H and O–H groups in total. The third kappa shape index (κ3) is 5.90. The molecule has 1 aliphatic heterocycles. The van der Waals surface area contributed by atoms with E-state index in [0.29, 0.717) is 50.5 Å². The van der Waals surface area contributed by atoms with Gasteiger partial charge in [-0.2, -0.15) is 0 Å². The summed E-state index contributed by atoms with van der Waals surface area (Å²) in [5, 5.41) is 3.72. The Balaban J connectivity index is 1.65. The molecule has 0 unspecified atom stereocenters. The zero-order valence-corrected chi connectivity index (χ0v) is 22.8. The molecule has 3 aromatic rings. The number of nitrogens with one attached hydrogen (secondary N) is 1. The summed E-state index contributed by atoms with van der Waals surface area (Å²) < 4.78 is 12.4. The molecule has 4 rings (SSSR count). The van der Waals surface area contributed by atoms with E-state index < -0.39 is 11.8 Å². The molecule has 1 heterocycles. The van der Waals surface area contributed by atoms with Crippen LogP contribution in [-0.2, 0) is 16.2 Å². The second-order valence-corrected chi connectivity index (χ2v) is 9.73. The minimum atomic E-state index is -0.590. The Kier molecular flexibility index (Phi) is 8.31. The van der Waals surface area contributed by atoms with Crippen molar-refractivity contribution in [3.8, 4) is 11.5 Å². The molecule has 36 heavy (non-hydrogen) atoms. The van der Waals surface area contributed by atoms with Crippen LogP contribution < -0.4 is 19.7 Å². The van der Waals surface area contributed by atoms with Gasteiger partial charge in [-0.15, -0.1) is 0 Å². The summed E-state index contributed by atoms with van der Waals surface area (Å²) in [5.74, 6) is -0.186. The molecule has 3 aromatic carbocycles. The molecule has 1 fully saturated rings. The molecule has 0 spiro atoms. The van der Waals surface area contributed by atoms with E-state index in [1.807, 2.05) is 19.1 Å². The van der Waals surface area contributed by atoms with Gasteiger partial charge in [-0.3, -0.25) is 19.8 Å². The Morgan fingerprint density at radius 1 is 1.00 bits per heavy atom. The molecule has 6 nitrogen and oxygen atoms in total. The highest BCUT2D eigenvalue weighted by Gasteiger charge is 2.34. The molecule has 2 amide bonds. The number of ether oxygens (including phenoxy) is 2. The first-order chi connectivity index (χ1) is 17.3. The van der Waals surface area contributed by atoms with Crippen molar-refractivity contribution in [3.63, 3.8) is 0 Å². The lowest BCUT2D eigenvalue weighted by Gasteiger charge is -2.29. The maximum Gasteiger partial charge on any atom is 0.270 e. The van der Waals surface area contributed by atoms with Crippen LogP contribution in [0.25, 0.3) is 6.08 Å². The zero-order valence-electron chi connectivity index (χ0n) is 18.9. The summed E-state index contributed by atoms with van der Waals surface area (Å²) in [7, 11) is 0. The third-order valence-corrected chi connectivity index (χ3v) is 6.50. The standard InChI is InChI=1S/C26H19BrCl2N2O4S/c1-2-34-22-13-16(12-21(27)23(22)35-14-15-3-5-17(28)6-4-15)11-20-24(32)30-26(36)31(25(20)33)19-9-7-18(29)8-10-19/h3-13H,2,14H2,1H3,(H,30,32,36)/b20-11+. The monoisotopic (exact) mass is 604 g/mol. The summed E-state index contributed by atoms with van der Waals surface area (Å²) in [4.78, 5) is 27.2. The van der Waals surface area contributed by atoms with Crippen molar-refractivity contribution >= 4 is 80.0 Å². The number of hydrogen-bond acceptors (Lipinski definition) is 5. The van der Waals surface area contributed by atoms with Gasteiger partial charge in [0.2, 0.25) is 0 Å². The van der Waals surface area contributed by atoms with Crippen LogP contribution in [0.4, 0.5) is 5.69 Å². The van der Waals surface area contributed by atoms with Gasteiger partial charge in [0.15, 0.2) is 16.6 Å². The van der Waals surface area contributed by atoms with E-state index in [9.17, 15) is 9.59 Å². The van der Waals surface area contributed by atoms with Crippen molar-refractivity contribution in [1.82, 2.24) is 5.32 Å². The first-order valence-corrected chi connectivity index (χ1v) is 12.7. The van der Waals surface area contributed by atoms with Crippen LogP contribution in [0.1, 0.15) is 18.1 Å². The first-order valence-electron chi connectivity index (χ1n) is 10.8. The van der Waals surface area contributed by atoms with E-state index in [2.05, 4.69) is 21.2 Å². The van der Waals surface area contributed by atoms with E-state index >= 15 is 0 Å². The number of nitrogens with zero attached hydrogens (tertiary/aromatic N) is 1. The highest BCUT2D eigenvalue weighted by molar-refractivity contribution is 9.10. The summed E-state index contributed by atoms with van der Waals surface area (Å²) in [6.45, 7) is 2.54. The Hall–Kier alpha value is -2.91. The topological polar surface area (TPSA) is 67.9 Å². The second-order valence-electron chi connectivity index (χ2n) is 7.61. The zero-order chi connectivity index (χ0) is 25.8. The number of anilines is 1. The highest BCUT2D eigenvalue weighted by atomic mass is 79.9. The maximum absolute atomic E-state index is 13.3. The number of hydrogen-bond donors (Lipinski definition) is 1. The Morgan fingerprint density at radius 2 is 1.64 bits per heavy atom. The highest BCUT2D eigenvalue weighted by Crippen LogP contribution is 2.38. The quantitative estimate of drug-likeness (QED) is 0.188. The van der Waals surface area contributed by atoms with Gasteiger partial charge in [0.05, 0.1) is 16.8 Å². The maximum atomic E-state index is 13.3. The van der Waals surface area contributed by atoms with Gasteiger partial charge >= 0.3 is 0 Å². The fraction of sp³-hybridized carbons (Fsp3) is 0.115. The molecule has 0 saturated carbocycles. The summed E-state index contributed by atoms with van der Waals surface area (Å²) in [6.07, 6.45) is 1.48. The lowest BCUT2D eigenvalue weighted by molar-refractivity contribution is -0.122. The number of carbonyl (C=O) groups is 2. The van der Waals surface area contributed by atoms with Crippen LogP contribution >= 0.6 is 51.3 Å². The molecule has 0 aromatic heterocycles. The minimum absolute atomic E-state index is 0.00777. The Labute approximate surface area is 231 Å². The van der Waals surface area contributed by atoms with E-state index in [-0.39, 0.29) is 10.7 Å². The smallest absolute Gasteiger partial charge is 0.270 e. The van der Waals surface area contributed by atoms with Crippen molar-refractivity contribution in [2.75, 3.05) is 11.5 Å². The largest absolute Gasteiger partial charge is 0.490 e. The van der Waals surface area contributed by atoms with Crippen LogP contribution in [0.5, 0.6) is 11.5 Å². The van der Waals surface area contributed by atoms with Crippen molar-refractivity contribution in [2.45, 2.75) is 13.5 Å². The van der Waals surface area contributed by atoms with Crippen LogP contribution in [-0.4, -0.2) is 23.5 Å². The Morgan fingerprint density at radius 3 is 2.28 bits per heavy atom. The van der Waals surface area contributed by atoms with E-state index in [4.69, 9.17) is 44.9 Å². The third-order valence-electron chi connectivity index (χ3n) is 5.13.